The summed E-state index contributed by atoms with van der Waals surface area (Å²) in [4.78, 5) is 4.20. The van der Waals surface area contributed by atoms with E-state index in [0.717, 1.165) is 11.1 Å². The first-order chi connectivity index (χ1) is 13.8. The molecule has 0 aliphatic rings. The van der Waals surface area contributed by atoms with Crippen LogP contribution in [0.2, 0.25) is 16.6 Å². The van der Waals surface area contributed by atoms with Gasteiger partial charge in [-0.15, -0.1) is 0 Å². The molecule has 0 unspecified atom stereocenters. The van der Waals surface area contributed by atoms with Crippen molar-refractivity contribution in [2.45, 2.75) is 58.2 Å². The van der Waals surface area contributed by atoms with Gasteiger partial charge in [0.2, 0.25) is 0 Å². The number of nitriles is 1. The second kappa shape index (κ2) is 8.38. The van der Waals surface area contributed by atoms with Crippen LogP contribution in [0.1, 0.15) is 47.1 Å². The first-order valence-electron chi connectivity index (χ1n) is 10.5. The molecule has 3 rings (SSSR count). The van der Waals surface area contributed by atoms with E-state index in [1.807, 2.05) is 30.6 Å². The lowest BCUT2D eigenvalue weighted by molar-refractivity contribution is 0.768. The SMILES string of the molecule is CC(C)[Si](C(C)C)(C(C)C)n1ccc(-c2ccncc2)c1-c1cccc(C#N)c1. The molecule has 150 valence electrons. The number of hydrogen-bond acceptors (Lipinski definition) is 2. The van der Waals surface area contributed by atoms with Crippen molar-refractivity contribution in [2.24, 2.45) is 0 Å². The fraction of sp³-hybridized carbons (Fsp3) is 0.360. The maximum absolute atomic E-state index is 9.48. The van der Waals surface area contributed by atoms with E-state index in [1.54, 1.807) is 0 Å². The van der Waals surface area contributed by atoms with Gasteiger partial charge < -0.3 is 4.23 Å². The smallest absolute Gasteiger partial charge is 0.169 e. The predicted octanol–water partition coefficient (Wildman–Crippen LogP) is 7.11. The second-order valence-electron chi connectivity index (χ2n) is 8.73. The summed E-state index contributed by atoms with van der Waals surface area (Å²) in [5.74, 6) is 0. The van der Waals surface area contributed by atoms with E-state index in [1.165, 1.54) is 11.3 Å². The minimum absolute atomic E-state index is 0.582. The van der Waals surface area contributed by atoms with Crippen molar-refractivity contribution >= 4 is 8.24 Å². The highest BCUT2D eigenvalue weighted by Crippen LogP contribution is 2.47. The molecule has 3 nitrogen and oxygen atoms in total. The van der Waals surface area contributed by atoms with Crippen LogP contribution in [0.5, 0.6) is 0 Å². The van der Waals surface area contributed by atoms with Crippen LogP contribution in [0.4, 0.5) is 0 Å². The van der Waals surface area contributed by atoms with Crippen molar-refractivity contribution in [2.75, 3.05) is 0 Å². The molecular weight excluding hydrogens is 370 g/mol. The van der Waals surface area contributed by atoms with Gasteiger partial charge in [0, 0.05) is 23.7 Å². The minimum Gasteiger partial charge on any atom is -0.373 e. The van der Waals surface area contributed by atoms with E-state index < -0.39 is 8.24 Å². The van der Waals surface area contributed by atoms with Gasteiger partial charge in [0.25, 0.3) is 0 Å². The highest BCUT2D eigenvalue weighted by atomic mass is 28.3. The largest absolute Gasteiger partial charge is 0.373 e. The third kappa shape index (κ3) is 3.56. The zero-order valence-electron chi connectivity index (χ0n) is 18.3. The molecule has 3 aromatic rings. The minimum atomic E-state index is -1.95. The lowest BCUT2D eigenvalue weighted by Gasteiger charge is -2.45. The second-order valence-corrected chi connectivity index (χ2v) is 14.4. The van der Waals surface area contributed by atoms with Gasteiger partial charge in [-0.05, 0) is 64.3 Å². The zero-order valence-corrected chi connectivity index (χ0v) is 19.3. The molecule has 0 N–H and O–H groups in total. The van der Waals surface area contributed by atoms with Crippen LogP contribution < -0.4 is 0 Å². The number of benzene rings is 1. The van der Waals surface area contributed by atoms with Crippen LogP contribution in [0.3, 0.4) is 0 Å². The van der Waals surface area contributed by atoms with E-state index in [-0.39, 0.29) is 0 Å². The molecule has 0 saturated carbocycles. The Morgan fingerprint density at radius 1 is 0.862 bits per heavy atom. The Bertz CT molecular complexity index is 988. The van der Waals surface area contributed by atoms with E-state index in [9.17, 15) is 5.26 Å². The number of aromatic nitrogens is 2. The maximum atomic E-state index is 9.48. The molecule has 1 aromatic carbocycles. The fourth-order valence-corrected chi connectivity index (χ4v) is 12.0. The highest BCUT2D eigenvalue weighted by molar-refractivity contribution is 6.82. The summed E-state index contributed by atoms with van der Waals surface area (Å²) < 4.78 is 2.62. The summed E-state index contributed by atoms with van der Waals surface area (Å²) >= 11 is 0. The molecule has 4 heteroatoms. The van der Waals surface area contributed by atoms with E-state index in [4.69, 9.17) is 0 Å². The lowest BCUT2D eigenvalue weighted by Crippen LogP contribution is -2.52. The van der Waals surface area contributed by atoms with Crippen molar-refractivity contribution in [3.63, 3.8) is 0 Å². The summed E-state index contributed by atoms with van der Waals surface area (Å²) in [7, 11) is -1.95. The lowest BCUT2D eigenvalue weighted by atomic mass is 10.0. The van der Waals surface area contributed by atoms with Gasteiger partial charge in [0.15, 0.2) is 8.24 Å². The van der Waals surface area contributed by atoms with Crippen molar-refractivity contribution in [1.29, 1.82) is 5.26 Å². The Kier molecular flexibility index (Phi) is 6.09. The summed E-state index contributed by atoms with van der Waals surface area (Å²) in [5.41, 5.74) is 7.16. The number of hydrogen-bond donors (Lipinski definition) is 0. The maximum Gasteiger partial charge on any atom is 0.169 e. The van der Waals surface area contributed by atoms with E-state index >= 15 is 0 Å². The molecule has 0 fully saturated rings. The highest BCUT2D eigenvalue weighted by Gasteiger charge is 2.46. The summed E-state index contributed by atoms with van der Waals surface area (Å²) in [5, 5.41) is 9.48. The quantitative estimate of drug-likeness (QED) is 0.413. The number of rotatable bonds is 6. The van der Waals surface area contributed by atoms with Crippen LogP contribution in [0.25, 0.3) is 22.4 Å². The van der Waals surface area contributed by atoms with Crippen molar-refractivity contribution < 1.29 is 0 Å². The molecule has 29 heavy (non-hydrogen) atoms. The Morgan fingerprint density at radius 2 is 1.48 bits per heavy atom. The topological polar surface area (TPSA) is 41.6 Å². The predicted molar refractivity (Wildman–Crippen MR) is 124 cm³/mol. The Hall–Kier alpha value is -2.64. The Labute approximate surface area is 176 Å². The Balaban J connectivity index is 2.40. The van der Waals surface area contributed by atoms with Gasteiger partial charge in [-0.25, -0.2) is 0 Å². The molecular formula is C25H31N3Si. The van der Waals surface area contributed by atoms with Crippen molar-refractivity contribution in [1.82, 2.24) is 9.22 Å². The van der Waals surface area contributed by atoms with Gasteiger partial charge in [0.05, 0.1) is 11.6 Å². The zero-order chi connectivity index (χ0) is 21.2. The van der Waals surface area contributed by atoms with Crippen LogP contribution in [-0.4, -0.2) is 17.5 Å². The average Bonchev–Trinajstić information content (AvgIpc) is 3.13. The van der Waals surface area contributed by atoms with Crippen molar-refractivity contribution in [3.8, 4) is 28.5 Å². The third-order valence-electron chi connectivity index (χ3n) is 6.33. The summed E-state index contributed by atoms with van der Waals surface area (Å²) in [6.07, 6.45) is 6.00. The monoisotopic (exact) mass is 401 g/mol. The third-order valence-corrected chi connectivity index (χ3v) is 13.1. The van der Waals surface area contributed by atoms with E-state index in [0.29, 0.717) is 22.2 Å². The van der Waals surface area contributed by atoms with Gasteiger partial charge >= 0.3 is 0 Å². The van der Waals surface area contributed by atoms with Crippen LogP contribution in [0, 0.1) is 11.3 Å². The van der Waals surface area contributed by atoms with Crippen LogP contribution in [0.15, 0.2) is 61.1 Å². The van der Waals surface area contributed by atoms with Gasteiger partial charge in [-0.2, -0.15) is 5.26 Å². The van der Waals surface area contributed by atoms with Crippen LogP contribution in [-0.2, 0) is 0 Å². The van der Waals surface area contributed by atoms with E-state index in [2.05, 4.69) is 87.3 Å². The molecule has 0 amide bonds. The molecule has 0 spiro atoms. The fourth-order valence-electron chi connectivity index (χ4n) is 5.38. The Morgan fingerprint density at radius 3 is 2.03 bits per heavy atom. The molecule has 0 atom stereocenters. The molecule has 0 radical (unpaired) electrons. The standard InChI is InChI=1S/C25H31N3Si/c1-18(2)29(19(3)4,20(5)6)28-15-12-24(22-10-13-27-14-11-22)25(28)23-9-7-8-21(16-23)17-26/h7-16,18-20H,1-6H3. The summed E-state index contributed by atoms with van der Waals surface area (Å²) in [6.45, 7) is 14.3. The van der Waals surface area contributed by atoms with Gasteiger partial charge in [-0.1, -0.05) is 53.7 Å². The molecule has 0 aliphatic heterocycles. The first kappa shape index (κ1) is 21.1. The molecule has 2 heterocycles. The number of nitrogens with zero attached hydrogens (tertiary/aromatic N) is 3. The van der Waals surface area contributed by atoms with Gasteiger partial charge in [0.1, 0.15) is 0 Å². The molecule has 2 aromatic heterocycles. The molecule has 0 bridgehead atoms. The average molecular weight is 402 g/mol. The normalized spacial score (nSPS) is 12.0. The first-order valence-corrected chi connectivity index (χ1v) is 12.6. The van der Waals surface area contributed by atoms with Crippen LogP contribution >= 0.6 is 0 Å². The van der Waals surface area contributed by atoms with Crippen molar-refractivity contribution in [3.05, 3.63) is 66.6 Å². The molecule has 0 saturated heterocycles. The van der Waals surface area contributed by atoms with Gasteiger partial charge in [-0.3, -0.25) is 4.98 Å². The number of pyridine rings is 1. The molecule has 0 aliphatic carbocycles. The summed E-state index contributed by atoms with van der Waals surface area (Å²) in [6, 6.07) is 16.7.